The highest BCUT2D eigenvalue weighted by Crippen LogP contribution is 2.40. The second kappa shape index (κ2) is 6.49. The van der Waals surface area contributed by atoms with Crippen LogP contribution in [-0.2, 0) is 6.18 Å². The van der Waals surface area contributed by atoms with Gasteiger partial charge in [-0.25, -0.2) is 0 Å². The average molecular weight is 463 g/mol. The molecule has 1 atom stereocenters. The molecule has 7 heteroatoms. The smallest absolute Gasteiger partial charge is 0.166 e. The summed E-state index contributed by atoms with van der Waals surface area (Å²) < 4.78 is 38.8. The van der Waals surface area contributed by atoms with Crippen LogP contribution in [0.25, 0.3) is 0 Å². The van der Waals surface area contributed by atoms with Gasteiger partial charge in [-0.15, -0.1) is 0 Å². The molecule has 2 aromatic carbocycles. The van der Waals surface area contributed by atoms with Crippen LogP contribution >= 0.6 is 55.1 Å². The fourth-order valence-corrected chi connectivity index (χ4v) is 3.13. The largest absolute Gasteiger partial charge is 0.417 e. The minimum Gasteiger partial charge on any atom is -0.166 e. The van der Waals surface area contributed by atoms with Crippen molar-refractivity contribution in [3.8, 4) is 0 Å². The van der Waals surface area contributed by atoms with E-state index in [1.165, 1.54) is 6.07 Å². The van der Waals surface area contributed by atoms with Crippen LogP contribution in [0.2, 0.25) is 10.0 Å². The summed E-state index contributed by atoms with van der Waals surface area (Å²) in [4.78, 5) is -0.415. The lowest BCUT2D eigenvalue weighted by molar-refractivity contribution is -0.138. The Morgan fingerprint density at radius 2 is 1.48 bits per heavy atom. The van der Waals surface area contributed by atoms with Gasteiger partial charge in [-0.1, -0.05) is 67.2 Å². The molecule has 1 unspecified atom stereocenters. The van der Waals surface area contributed by atoms with Crippen LogP contribution in [0.3, 0.4) is 0 Å². The Balaban J connectivity index is 2.44. The zero-order valence-corrected chi connectivity index (χ0v) is 14.9. The second-order valence-electron chi connectivity index (χ2n) is 4.27. The molecule has 0 saturated heterocycles. The Hall–Kier alpha value is -0.230. The van der Waals surface area contributed by atoms with Crippen LogP contribution in [0.1, 0.15) is 21.5 Å². The first-order valence-electron chi connectivity index (χ1n) is 5.66. The van der Waals surface area contributed by atoms with Crippen molar-refractivity contribution in [2.45, 2.75) is 11.0 Å². The fourth-order valence-electron chi connectivity index (χ4n) is 1.78. The van der Waals surface area contributed by atoms with Gasteiger partial charge in [0.1, 0.15) is 0 Å². The summed E-state index contributed by atoms with van der Waals surface area (Å²) >= 11 is 18.1. The monoisotopic (exact) mass is 460 g/mol. The SMILES string of the molecule is FC(F)(F)c1cc(C(Br)c2ccc(Cl)c(Cl)c2)ccc1Br. The summed E-state index contributed by atoms with van der Waals surface area (Å²) in [5.74, 6) is 0. The van der Waals surface area contributed by atoms with Gasteiger partial charge in [0, 0.05) is 4.47 Å². The molecule has 0 spiro atoms. The molecule has 0 radical (unpaired) electrons. The zero-order chi connectivity index (χ0) is 15.8. The first-order valence-corrected chi connectivity index (χ1v) is 8.12. The molecule has 0 amide bonds. The van der Waals surface area contributed by atoms with E-state index in [1.807, 2.05) is 0 Å². The molecule has 0 N–H and O–H groups in total. The molecule has 0 bridgehead atoms. The van der Waals surface area contributed by atoms with Crippen molar-refractivity contribution in [1.29, 1.82) is 0 Å². The molecule has 0 heterocycles. The third kappa shape index (κ3) is 3.95. The lowest BCUT2D eigenvalue weighted by Crippen LogP contribution is -2.07. The Labute approximate surface area is 146 Å². The van der Waals surface area contributed by atoms with Crippen LogP contribution in [0.15, 0.2) is 40.9 Å². The van der Waals surface area contributed by atoms with Crippen molar-refractivity contribution in [1.82, 2.24) is 0 Å². The van der Waals surface area contributed by atoms with Crippen LogP contribution in [0, 0.1) is 0 Å². The molecule has 0 fully saturated rings. The number of alkyl halides is 4. The molecule has 0 nitrogen and oxygen atoms in total. The predicted molar refractivity (Wildman–Crippen MR) is 86.4 cm³/mol. The highest BCUT2D eigenvalue weighted by Gasteiger charge is 2.33. The van der Waals surface area contributed by atoms with Crippen molar-refractivity contribution in [3.63, 3.8) is 0 Å². The molecule has 112 valence electrons. The molecule has 0 aromatic heterocycles. The van der Waals surface area contributed by atoms with Crippen LogP contribution < -0.4 is 0 Å². The number of halogens is 7. The molecule has 0 aliphatic heterocycles. The summed E-state index contributed by atoms with van der Waals surface area (Å²) in [7, 11) is 0. The van der Waals surface area contributed by atoms with E-state index in [4.69, 9.17) is 23.2 Å². The fraction of sp³-hybridized carbons (Fsp3) is 0.143. The lowest BCUT2D eigenvalue weighted by atomic mass is 10.0. The Morgan fingerprint density at radius 3 is 2.05 bits per heavy atom. The van der Waals surface area contributed by atoms with Crippen molar-refractivity contribution < 1.29 is 13.2 Å². The van der Waals surface area contributed by atoms with Gasteiger partial charge in [-0.2, -0.15) is 13.2 Å². The maximum absolute atomic E-state index is 12.9. The standard InChI is InChI=1S/C14H7Br2Cl2F3/c15-10-3-1-7(5-9(10)14(19,20)21)13(16)8-2-4-11(17)12(18)6-8/h1-6,13H. The summed E-state index contributed by atoms with van der Waals surface area (Å²) in [5, 5.41) is 0.749. The van der Waals surface area contributed by atoms with Crippen LogP contribution in [-0.4, -0.2) is 0 Å². The first kappa shape index (κ1) is 17.1. The van der Waals surface area contributed by atoms with Crippen molar-refractivity contribution in [2.75, 3.05) is 0 Å². The first-order chi connectivity index (χ1) is 9.70. The Morgan fingerprint density at radius 1 is 0.905 bits per heavy atom. The molecule has 0 saturated carbocycles. The molecular formula is C14H7Br2Cl2F3. The van der Waals surface area contributed by atoms with Gasteiger partial charge in [0.25, 0.3) is 0 Å². The van der Waals surface area contributed by atoms with Gasteiger partial charge < -0.3 is 0 Å². The summed E-state index contributed by atoms with van der Waals surface area (Å²) in [5.41, 5.74) is 0.480. The van der Waals surface area contributed by atoms with E-state index < -0.39 is 16.6 Å². The predicted octanol–water partition coefficient (Wildman–Crippen LogP) is 7.26. The van der Waals surface area contributed by atoms with E-state index in [9.17, 15) is 13.2 Å². The van der Waals surface area contributed by atoms with E-state index in [0.29, 0.717) is 15.6 Å². The van der Waals surface area contributed by atoms with Crippen molar-refractivity contribution in [3.05, 3.63) is 67.6 Å². The van der Waals surface area contributed by atoms with Crippen molar-refractivity contribution >= 4 is 55.1 Å². The van der Waals surface area contributed by atoms with Gasteiger partial charge in [-0.05, 0) is 35.4 Å². The van der Waals surface area contributed by atoms with Gasteiger partial charge in [-0.3, -0.25) is 0 Å². The molecular weight excluding hydrogens is 456 g/mol. The summed E-state index contributed by atoms with van der Waals surface area (Å²) in [6.45, 7) is 0. The maximum Gasteiger partial charge on any atom is 0.417 e. The van der Waals surface area contributed by atoms with Gasteiger partial charge >= 0.3 is 6.18 Å². The van der Waals surface area contributed by atoms with E-state index in [2.05, 4.69) is 31.9 Å². The van der Waals surface area contributed by atoms with E-state index in [-0.39, 0.29) is 4.47 Å². The second-order valence-corrected chi connectivity index (χ2v) is 6.86. The summed E-state index contributed by atoms with van der Waals surface area (Å²) in [6, 6.07) is 9.04. The number of hydrogen-bond acceptors (Lipinski definition) is 0. The van der Waals surface area contributed by atoms with Crippen molar-refractivity contribution in [2.24, 2.45) is 0 Å². The Bertz CT molecular complexity index is 672. The third-order valence-corrected chi connectivity index (χ3v) is 5.31. The molecule has 21 heavy (non-hydrogen) atoms. The van der Waals surface area contributed by atoms with Gasteiger partial charge in [0.15, 0.2) is 0 Å². The average Bonchev–Trinajstić information content (AvgIpc) is 2.40. The molecule has 0 aliphatic carbocycles. The maximum atomic E-state index is 12.9. The van der Waals surface area contributed by atoms with Gasteiger partial charge in [0.2, 0.25) is 0 Å². The van der Waals surface area contributed by atoms with E-state index in [1.54, 1.807) is 24.3 Å². The summed E-state index contributed by atoms with van der Waals surface area (Å²) in [6.07, 6.45) is -4.42. The molecule has 2 aromatic rings. The zero-order valence-electron chi connectivity index (χ0n) is 10.2. The normalized spacial score (nSPS) is 13.3. The number of hydrogen-bond donors (Lipinski definition) is 0. The van der Waals surface area contributed by atoms with Gasteiger partial charge in [0.05, 0.1) is 20.4 Å². The quantitative estimate of drug-likeness (QED) is 0.412. The number of benzene rings is 2. The topological polar surface area (TPSA) is 0 Å². The van der Waals surface area contributed by atoms with Crippen LogP contribution in [0.5, 0.6) is 0 Å². The minimum absolute atomic E-state index is 0.00703. The highest BCUT2D eigenvalue weighted by atomic mass is 79.9. The number of rotatable bonds is 2. The van der Waals surface area contributed by atoms with E-state index in [0.717, 1.165) is 11.6 Å². The van der Waals surface area contributed by atoms with E-state index >= 15 is 0 Å². The lowest BCUT2D eigenvalue weighted by Gasteiger charge is -2.15. The minimum atomic E-state index is -4.42. The molecule has 2 rings (SSSR count). The molecule has 0 aliphatic rings. The third-order valence-electron chi connectivity index (χ3n) is 2.82. The Kier molecular flexibility index (Phi) is 5.29. The highest BCUT2D eigenvalue weighted by molar-refractivity contribution is 9.10. The van der Waals surface area contributed by atoms with Crippen LogP contribution in [0.4, 0.5) is 13.2 Å².